The van der Waals surface area contributed by atoms with Crippen LogP contribution in [0.5, 0.6) is 0 Å². The molecule has 2 saturated carbocycles. The third-order valence-corrected chi connectivity index (χ3v) is 7.60. The molecule has 156 valence electrons. The number of benzene rings is 3. The van der Waals surface area contributed by atoms with E-state index < -0.39 is 5.60 Å². The van der Waals surface area contributed by atoms with Gasteiger partial charge in [-0.15, -0.1) is 0 Å². The monoisotopic (exact) mass is 399 g/mol. The van der Waals surface area contributed by atoms with Crippen LogP contribution < -0.4 is 4.90 Å². The molecule has 3 aromatic carbocycles. The highest BCUT2D eigenvalue weighted by molar-refractivity contribution is 5.94. The largest absolute Gasteiger partial charge is 0.385 e. The van der Waals surface area contributed by atoms with Crippen molar-refractivity contribution in [2.45, 2.75) is 69.4 Å². The second-order valence-corrected chi connectivity index (χ2v) is 9.31. The molecule has 0 amide bonds. The molecule has 2 nitrogen and oxygen atoms in total. The van der Waals surface area contributed by atoms with Gasteiger partial charge in [-0.2, -0.15) is 0 Å². The van der Waals surface area contributed by atoms with E-state index in [4.69, 9.17) is 0 Å². The minimum absolute atomic E-state index is 0.555. The highest BCUT2D eigenvalue weighted by Crippen LogP contribution is 2.42. The van der Waals surface area contributed by atoms with Gasteiger partial charge in [0.2, 0.25) is 0 Å². The second-order valence-electron chi connectivity index (χ2n) is 9.31. The van der Waals surface area contributed by atoms with Crippen molar-refractivity contribution in [3.8, 4) is 0 Å². The van der Waals surface area contributed by atoms with E-state index in [9.17, 15) is 5.11 Å². The number of rotatable bonds is 5. The van der Waals surface area contributed by atoms with E-state index in [0.29, 0.717) is 12.0 Å². The molecule has 0 aromatic heterocycles. The predicted octanol–water partition coefficient (Wildman–Crippen LogP) is 6.76. The lowest BCUT2D eigenvalue weighted by atomic mass is 9.74. The summed E-state index contributed by atoms with van der Waals surface area (Å²) in [5.41, 5.74) is 3.38. The first-order chi connectivity index (χ1) is 14.7. The quantitative estimate of drug-likeness (QED) is 0.512. The molecule has 0 saturated heterocycles. The summed E-state index contributed by atoms with van der Waals surface area (Å²) in [4.78, 5) is 2.64. The molecule has 2 aliphatic rings. The maximum Gasteiger partial charge on any atom is 0.0896 e. The Morgan fingerprint density at radius 3 is 2.40 bits per heavy atom. The van der Waals surface area contributed by atoms with E-state index in [2.05, 4.69) is 78.6 Å². The van der Waals surface area contributed by atoms with Crippen molar-refractivity contribution in [1.82, 2.24) is 0 Å². The zero-order chi connectivity index (χ0) is 20.6. The van der Waals surface area contributed by atoms with Crippen molar-refractivity contribution in [3.63, 3.8) is 0 Å². The van der Waals surface area contributed by atoms with Crippen LogP contribution in [-0.4, -0.2) is 17.7 Å². The average Bonchev–Trinajstić information content (AvgIpc) is 2.78. The Balaban J connectivity index is 1.37. The zero-order valence-corrected chi connectivity index (χ0v) is 18.1. The van der Waals surface area contributed by atoms with Crippen LogP contribution in [0.3, 0.4) is 0 Å². The first-order valence-corrected chi connectivity index (χ1v) is 11.8. The Hall–Kier alpha value is -2.32. The van der Waals surface area contributed by atoms with Crippen LogP contribution in [0.2, 0.25) is 0 Å². The molecule has 1 N–H and O–H groups in total. The number of nitrogens with zero attached hydrogens (tertiary/aromatic N) is 1. The Morgan fingerprint density at radius 1 is 0.900 bits per heavy atom. The lowest BCUT2D eigenvalue weighted by molar-refractivity contribution is -0.0388. The van der Waals surface area contributed by atoms with Crippen LogP contribution in [0.25, 0.3) is 10.8 Å². The Bertz CT molecular complexity index is 999. The lowest BCUT2D eigenvalue weighted by Gasteiger charge is -2.40. The molecule has 5 rings (SSSR count). The molecular formula is C28H33NO. The van der Waals surface area contributed by atoms with E-state index in [0.717, 1.165) is 31.4 Å². The van der Waals surface area contributed by atoms with E-state index in [1.54, 1.807) is 0 Å². The summed E-state index contributed by atoms with van der Waals surface area (Å²) >= 11 is 0. The number of hydrogen-bond acceptors (Lipinski definition) is 2. The molecule has 2 fully saturated rings. The number of fused-ring (bicyclic) bond motifs is 1. The molecule has 30 heavy (non-hydrogen) atoms. The van der Waals surface area contributed by atoms with Crippen LogP contribution in [-0.2, 0) is 5.60 Å². The summed E-state index contributed by atoms with van der Waals surface area (Å²) in [6, 6.07) is 25.0. The number of hydrogen-bond donors (Lipinski definition) is 1. The van der Waals surface area contributed by atoms with Crippen molar-refractivity contribution >= 4 is 16.5 Å². The maximum atomic E-state index is 10.6. The van der Waals surface area contributed by atoms with Crippen molar-refractivity contribution in [2.24, 2.45) is 0 Å². The summed E-state index contributed by atoms with van der Waals surface area (Å²) < 4.78 is 0. The zero-order valence-electron chi connectivity index (χ0n) is 18.1. The summed E-state index contributed by atoms with van der Waals surface area (Å²) in [7, 11) is 0. The molecule has 2 aliphatic carbocycles. The van der Waals surface area contributed by atoms with Gasteiger partial charge in [-0.05, 0) is 73.9 Å². The Labute approximate surface area is 180 Å². The minimum Gasteiger partial charge on any atom is -0.385 e. The second kappa shape index (κ2) is 8.07. The van der Waals surface area contributed by atoms with Crippen molar-refractivity contribution in [1.29, 1.82) is 0 Å². The SMILES string of the molecule is CCN(c1cccc2ccccc12)C1CCCC(c2ccc(C3(O)CCC3)cc2)C1. The topological polar surface area (TPSA) is 23.5 Å². The van der Waals surface area contributed by atoms with Gasteiger partial charge < -0.3 is 10.0 Å². The van der Waals surface area contributed by atoms with Crippen molar-refractivity contribution in [3.05, 3.63) is 77.9 Å². The molecule has 0 spiro atoms. The molecule has 0 heterocycles. The van der Waals surface area contributed by atoms with Crippen LogP contribution >= 0.6 is 0 Å². The van der Waals surface area contributed by atoms with Gasteiger partial charge in [-0.3, -0.25) is 0 Å². The smallest absolute Gasteiger partial charge is 0.0896 e. The van der Waals surface area contributed by atoms with Crippen LogP contribution in [0, 0.1) is 0 Å². The average molecular weight is 400 g/mol. The lowest BCUT2D eigenvalue weighted by Crippen LogP contribution is -2.38. The van der Waals surface area contributed by atoms with Gasteiger partial charge in [0.25, 0.3) is 0 Å². The fraction of sp³-hybridized carbons (Fsp3) is 0.429. The maximum absolute atomic E-state index is 10.6. The van der Waals surface area contributed by atoms with E-state index in [1.807, 2.05) is 0 Å². The molecule has 0 radical (unpaired) electrons. The third-order valence-electron chi connectivity index (χ3n) is 7.60. The predicted molar refractivity (Wildman–Crippen MR) is 126 cm³/mol. The van der Waals surface area contributed by atoms with Gasteiger partial charge in [-0.1, -0.05) is 67.1 Å². The van der Waals surface area contributed by atoms with Crippen LogP contribution in [0.15, 0.2) is 66.7 Å². The van der Waals surface area contributed by atoms with Crippen molar-refractivity contribution in [2.75, 3.05) is 11.4 Å². The van der Waals surface area contributed by atoms with Gasteiger partial charge in [0.1, 0.15) is 0 Å². The number of anilines is 1. The molecule has 0 aliphatic heterocycles. The Kier molecular flexibility index (Phi) is 5.28. The molecular weight excluding hydrogens is 366 g/mol. The summed E-state index contributed by atoms with van der Waals surface area (Å²) in [6.45, 7) is 3.33. The summed E-state index contributed by atoms with van der Waals surface area (Å²) in [5.74, 6) is 0.609. The Morgan fingerprint density at radius 2 is 1.67 bits per heavy atom. The molecule has 2 unspecified atom stereocenters. The first kappa shape index (κ1) is 19.6. The van der Waals surface area contributed by atoms with Gasteiger partial charge in [0.05, 0.1) is 5.60 Å². The van der Waals surface area contributed by atoms with Gasteiger partial charge in [-0.25, -0.2) is 0 Å². The van der Waals surface area contributed by atoms with E-state index >= 15 is 0 Å². The fourth-order valence-corrected chi connectivity index (χ4v) is 5.70. The van der Waals surface area contributed by atoms with Gasteiger partial charge in [0.15, 0.2) is 0 Å². The standard InChI is InChI=1S/C28H33NO/c1-2-29(27-13-6-9-22-8-3-4-12-26(22)27)25-11-5-10-23(20-25)21-14-16-24(17-15-21)28(30)18-7-19-28/h3-4,6,8-9,12-17,23,25,30H,2,5,7,10-11,18-20H2,1H3. The first-order valence-electron chi connectivity index (χ1n) is 11.8. The summed E-state index contributed by atoms with van der Waals surface area (Å²) in [6.07, 6.45) is 7.99. The number of aliphatic hydroxyl groups is 1. The third kappa shape index (κ3) is 3.52. The molecule has 0 bridgehead atoms. The van der Waals surface area contributed by atoms with Gasteiger partial charge in [0, 0.05) is 23.7 Å². The van der Waals surface area contributed by atoms with Crippen LogP contribution in [0.4, 0.5) is 5.69 Å². The molecule has 3 aromatic rings. The molecule has 2 atom stereocenters. The van der Waals surface area contributed by atoms with E-state index in [-0.39, 0.29) is 0 Å². The van der Waals surface area contributed by atoms with Crippen molar-refractivity contribution < 1.29 is 5.11 Å². The molecule has 2 heteroatoms. The van der Waals surface area contributed by atoms with Crippen LogP contribution in [0.1, 0.15) is 68.9 Å². The normalized spacial score (nSPS) is 23.1. The van der Waals surface area contributed by atoms with E-state index in [1.165, 1.54) is 47.7 Å². The van der Waals surface area contributed by atoms with Gasteiger partial charge >= 0.3 is 0 Å². The highest BCUT2D eigenvalue weighted by atomic mass is 16.3. The minimum atomic E-state index is -0.555. The fourth-order valence-electron chi connectivity index (χ4n) is 5.70. The highest BCUT2D eigenvalue weighted by Gasteiger charge is 2.36. The summed E-state index contributed by atoms with van der Waals surface area (Å²) in [5, 5.41) is 13.3.